The van der Waals surface area contributed by atoms with E-state index in [-0.39, 0.29) is 11.0 Å². The van der Waals surface area contributed by atoms with Crippen LogP contribution in [-0.2, 0) is 17.5 Å². The van der Waals surface area contributed by atoms with Crippen LogP contribution in [0.4, 0.5) is 13.2 Å². The number of aliphatic carboxylic acids is 1. The van der Waals surface area contributed by atoms with Crippen LogP contribution in [0.1, 0.15) is 11.4 Å². The highest BCUT2D eigenvalue weighted by Crippen LogP contribution is 2.32. The second-order valence-corrected chi connectivity index (χ2v) is 3.86. The van der Waals surface area contributed by atoms with E-state index in [1.54, 1.807) is 19.1 Å². The lowest BCUT2D eigenvalue weighted by Crippen LogP contribution is -2.18. The lowest BCUT2D eigenvalue weighted by atomic mass is 10.2. The van der Waals surface area contributed by atoms with Gasteiger partial charge in [-0.15, -0.1) is 0 Å². The van der Waals surface area contributed by atoms with Crippen molar-refractivity contribution < 1.29 is 23.1 Å². The number of nitrogens with zero attached hydrogens (tertiary/aromatic N) is 2. The predicted molar refractivity (Wildman–Crippen MR) is 57.1 cm³/mol. The molecule has 18 heavy (non-hydrogen) atoms. The van der Waals surface area contributed by atoms with Crippen molar-refractivity contribution >= 4 is 17.0 Å². The van der Waals surface area contributed by atoms with Crippen LogP contribution in [0.3, 0.4) is 0 Å². The van der Waals surface area contributed by atoms with Gasteiger partial charge in [-0.1, -0.05) is 12.1 Å². The summed E-state index contributed by atoms with van der Waals surface area (Å²) in [6, 6.07) is 4.62. The Labute approximate surface area is 99.7 Å². The molecule has 0 radical (unpaired) electrons. The van der Waals surface area contributed by atoms with Gasteiger partial charge < -0.3 is 9.67 Å². The van der Waals surface area contributed by atoms with E-state index < -0.39 is 24.5 Å². The molecule has 1 heterocycles. The number of hydrogen-bond acceptors (Lipinski definition) is 2. The van der Waals surface area contributed by atoms with Crippen LogP contribution in [0.25, 0.3) is 11.0 Å². The summed E-state index contributed by atoms with van der Waals surface area (Å²) < 4.78 is 39.0. The van der Waals surface area contributed by atoms with Crippen LogP contribution in [-0.4, -0.2) is 20.6 Å². The Balaban J connectivity index is 2.76. The normalized spacial score (nSPS) is 12.0. The Kier molecular flexibility index (Phi) is 2.76. The third-order valence-corrected chi connectivity index (χ3v) is 2.53. The topological polar surface area (TPSA) is 55.1 Å². The van der Waals surface area contributed by atoms with E-state index in [9.17, 15) is 18.0 Å². The van der Waals surface area contributed by atoms with Crippen molar-refractivity contribution in [2.75, 3.05) is 0 Å². The van der Waals surface area contributed by atoms with Crippen LogP contribution in [0.5, 0.6) is 0 Å². The number of aryl methyl sites for hydroxylation is 1. The molecule has 1 aromatic carbocycles. The molecule has 0 atom stereocenters. The van der Waals surface area contributed by atoms with E-state index >= 15 is 0 Å². The summed E-state index contributed by atoms with van der Waals surface area (Å²) in [5.74, 6) is -2.53. The summed E-state index contributed by atoms with van der Waals surface area (Å²) in [5, 5.41) is 8.69. The van der Waals surface area contributed by atoms with Crippen molar-refractivity contribution in [3.63, 3.8) is 0 Å². The van der Waals surface area contributed by atoms with Gasteiger partial charge >= 0.3 is 12.1 Å². The van der Waals surface area contributed by atoms with E-state index in [1.165, 1.54) is 6.07 Å². The van der Waals surface area contributed by atoms with E-state index in [4.69, 9.17) is 5.11 Å². The first-order valence-electron chi connectivity index (χ1n) is 5.05. The molecule has 7 heteroatoms. The lowest BCUT2D eigenvalue weighted by Gasteiger charge is -2.08. The minimum atomic E-state index is -4.68. The van der Waals surface area contributed by atoms with E-state index in [2.05, 4.69) is 4.98 Å². The maximum Gasteiger partial charge on any atom is 0.449 e. The number of imidazole rings is 1. The van der Waals surface area contributed by atoms with Crippen LogP contribution < -0.4 is 0 Å². The van der Waals surface area contributed by atoms with E-state index in [0.29, 0.717) is 10.1 Å². The molecular formula is C11H9F3N2O2. The smallest absolute Gasteiger partial charge is 0.449 e. The Morgan fingerprint density at radius 3 is 2.67 bits per heavy atom. The summed E-state index contributed by atoms with van der Waals surface area (Å²) in [6.07, 6.45) is -4.68. The van der Waals surface area contributed by atoms with Crippen molar-refractivity contribution in [3.05, 3.63) is 29.6 Å². The molecular weight excluding hydrogens is 249 g/mol. The maximum atomic E-state index is 12.8. The van der Waals surface area contributed by atoms with Crippen molar-refractivity contribution in [1.82, 2.24) is 9.55 Å². The fraction of sp³-hybridized carbons (Fsp3) is 0.273. The van der Waals surface area contributed by atoms with Gasteiger partial charge in [0.25, 0.3) is 0 Å². The quantitative estimate of drug-likeness (QED) is 0.900. The molecule has 0 bridgehead atoms. The number of carboxylic acid groups (broad SMARTS) is 1. The Bertz CT molecular complexity index is 617. The van der Waals surface area contributed by atoms with E-state index in [0.717, 1.165) is 0 Å². The fourth-order valence-corrected chi connectivity index (χ4v) is 1.80. The molecule has 2 rings (SSSR count). The molecule has 0 aliphatic heterocycles. The SMILES string of the molecule is Cc1cccc2c1nc(C(F)(F)F)n2CC(=O)O. The maximum absolute atomic E-state index is 12.8. The standard InChI is InChI=1S/C11H9F3N2O2/c1-6-3-2-4-7-9(6)15-10(11(12,13)14)16(7)5-8(17)18/h2-4H,5H2,1H3,(H,17,18). The number of fused-ring (bicyclic) bond motifs is 1. The summed E-state index contributed by atoms with van der Waals surface area (Å²) in [6.45, 7) is 0.857. The Morgan fingerprint density at radius 1 is 1.44 bits per heavy atom. The van der Waals surface area contributed by atoms with Crippen molar-refractivity contribution in [3.8, 4) is 0 Å². The predicted octanol–water partition coefficient (Wildman–Crippen LogP) is 2.45. The third kappa shape index (κ3) is 2.03. The first-order chi connectivity index (χ1) is 8.30. The van der Waals surface area contributed by atoms with Gasteiger partial charge in [-0.3, -0.25) is 4.79 Å². The minimum Gasteiger partial charge on any atom is -0.480 e. The molecule has 96 valence electrons. The number of hydrogen-bond donors (Lipinski definition) is 1. The van der Waals surface area contributed by atoms with Crippen LogP contribution in [0, 0.1) is 6.92 Å². The van der Waals surface area contributed by atoms with Crippen LogP contribution in [0.15, 0.2) is 18.2 Å². The van der Waals surface area contributed by atoms with Gasteiger partial charge in [0.15, 0.2) is 0 Å². The molecule has 1 aromatic heterocycles. The number of alkyl halides is 3. The Morgan fingerprint density at radius 2 is 2.11 bits per heavy atom. The largest absolute Gasteiger partial charge is 0.480 e. The zero-order valence-corrected chi connectivity index (χ0v) is 9.32. The molecule has 0 fully saturated rings. The summed E-state index contributed by atoms with van der Waals surface area (Å²) in [7, 11) is 0. The number of benzene rings is 1. The van der Waals surface area contributed by atoms with E-state index in [1.807, 2.05) is 0 Å². The molecule has 0 saturated carbocycles. The number of halogens is 3. The highest BCUT2D eigenvalue weighted by Gasteiger charge is 2.38. The average Bonchev–Trinajstić information content (AvgIpc) is 2.57. The zero-order chi connectivity index (χ0) is 13.5. The van der Waals surface area contributed by atoms with Crippen molar-refractivity contribution in [2.24, 2.45) is 0 Å². The third-order valence-electron chi connectivity index (χ3n) is 2.53. The van der Waals surface area contributed by atoms with Gasteiger partial charge in [0.2, 0.25) is 5.82 Å². The monoisotopic (exact) mass is 258 g/mol. The molecule has 0 spiro atoms. The van der Waals surface area contributed by atoms with Gasteiger partial charge in [0.1, 0.15) is 6.54 Å². The summed E-state index contributed by atoms with van der Waals surface area (Å²) in [4.78, 5) is 14.2. The highest BCUT2D eigenvalue weighted by molar-refractivity contribution is 5.81. The fourth-order valence-electron chi connectivity index (χ4n) is 1.80. The van der Waals surface area contributed by atoms with Crippen molar-refractivity contribution in [2.45, 2.75) is 19.6 Å². The first-order valence-corrected chi connectivity index (χ1v) is 5.05. The summed E-state index contributed by atoms with van der Waals surface area (Å²) >= 11 is 0. The second-order valence-electron chi connectivity index (χ2n) is 3.86. The van der Waals surface area contributed by atoms with Gasteiger partial charge in [0.05, 0.1) is 11.0 Å². The highest BCUT2D eigenvalue weighted by atomic mass is 19.4. The van der Waals surface area contributed by atoms with Crippen molar-refractivity contribution in [1.29, 1.82) is 0 Å². The minimum absolute atomic E-state index is 0.171. The zero-order valence-electron chi connectivity index (χ0n) is 9.32. The second kappa shape index (κ2) is 4.01. The molecule has 4 nitrogen and oxygen atoms in total. The molecule has 0 aliphatic carbocycles. The molecule has 2 aromatic rings. The van der Waals surface area contributed by atoms with Gasteiger partial charge in [-0.2, -0.15) is 13.2 Å². The first kappa shape index (κ1) is 12.4. The van der Waals surface area contributed by atoms with Crippen LogP contribution in [0.2, 0.25) is 0 Å². The number of rotatable bonds is 2. The van der Waals surface area contributed by atoms with Gasteiger partial charge in [-0.05, 0) is 18.6 Å². The molecule has 1 N–H and O–H groups in total. The Hall–Kier alpha value is -2.05. The molecule has 0 unspecified atom stereocenters. The number of aromatic nitrogens is 2. The number of carbonyl (C=O) groups is 1. The molecule has 0 amide bonds. The molecule has 0 saturated heterocycles. The number of carboxylic acids is 1. The average molecular weight is 258 g/mol. The number of para-hydroxylation sites is 1. The van der Waals surface area contributed by atoms with Gasteiger partial charge in [-0.25, -0.2) is 4.98 Å². The van der Waals surface area contributed by atoms with Gasteiger partial charge in [0, 0.05) is 0 Å². The van der Waals surface area contributed by atoms with Crippen LogP contribution >= 0.6 is 0 Å². The summed E-state index contributed by atoms with van der Waals surface area (Å²) in [5.41, 5.74) is 0.915. The molecule has 0 aliphatic rings. The lowest BCUT2D eigenvalue weighted by molar-refractivity contribution is -0.148.